The average molecular weight is 220 g/mol. The molecule has 88 valence electrons. The highest BCUT2D eigenvalue weighted by Gasteiger charge is 2.30. The van der Waals surface area contributed by atoms with Crippen LogP contribution in [0.25, 0.3) is 0 Å². The Morgan fingerprint density at radius 3 is 2.80 bits per heavy atom. The third-order valence-electron chi connectivity index (χ3n) is 2.82. The molecule has 0 saturated carbocycles. The van der Waals surface area contributed by atoms with Gasteiger partial charge in [-0.2, -0.15) is 0 Å². The van der Waals surface area contributed by atoms with Gasteiger partial charge in [-0.05, 0) is 25.3 Å². The Kier molecular flexibility index (Phi) is 4.45. The molecule has 1 saturated heterocycles. The van der Waals surface area contributed by atoms with E-state index in [1.54, 1.807) is 0 Å². The lowest BCUT2D eigenvalue weighted by Gasteiger charge is -2.32. The second-order valence-electron chi connectivity index (χ2n) is 4.16. The number of halogens is 2. The van der Waals surface area contributed by atoms with Crippen LogP contribution in [0.2, 0.25) is 0 Å². The quantitative estimate of drug-likeness (QED) is 0.772. The summed E-state index contributed by atoms with van der Waals surface area (Å²) in [5.41, 5.74) is 0. The molecular weight excluding hydrogens is 202 g/mol. The summed E-state index contributed by atoms with van der Waals surface area (Å²) in [5, 5.41) is 3.09. The fourth-order valence-corrected chi connectivity index (χ4v) is 1.91. The minimum absolute atomic E-state index is 0.220. The van der Waals surface area contributed by atoms with Crippen molar-refractivity contribution in [3.05, 3.63) is 0 Å². The maximum atomic E-state index is 12.1. The van der Waals surface area contributed by atoms with Crippen molar-refractivity contribution in [1.29, 1.82) is 0 Å². The molecule has 1 aliphatic rings. The van der Waals surface area contributed by atoms with E-state index in [2.05, 4.69) is 5.32 Å². The number of alkyl halides is 2. The molecule has 1 amide bonds. The lowest BCUT2D eigenvalue weighted by molar-refractivity contribution is -0.135. The lowest BCUT2D eigenvalue weighted by Crippen LogP contribution is -2.52. The standard InChI is InChI=1S/C10H18F2N2O/c1-7-4-3-5-13-9(7)10(15)14(2)6-8(11)12/h7-9,13H,3-6H2,1-2H3. The SMILES string of the molecule is CC1CCCNC1C(=O)N(C)CC(F)F. The number of amides is 1. The number of rotatable bonds is 3. The Bertz CT molecular complexity index is 223. The van der Waals surface area contributed by atoms with E-state index in [-0.39, 0.29) is 17.9 Å². The zero-order valence-corrected chi connectivity index (χ0v) is 9.17. The van der Waals surface area contributed by atoms with Gasteiger partial charge in [0.2, 0.25) is 5.91 Å². The smallest absolute Gasteiger partial charge is 0.255 e. The van der Waals surface area contributed by atoms with Crippen LogP contribution in [-0.2, 0) is 4.79 Å². The van der Waals surface area contributed by atoms with Crippen molar-refractivity contribution in [1.82, 2.24) is 10.2 Å². The topological polar surface area (TPSA) is 32.3 Å². The summed E-state index contributed by atoms with van der Waals surface area (Å²) >= 11 is 0. The van der Waals surface area contributed by atoms with Gasteiger partial charge in [0.25, 0.3) is 6.43 Å². The molecule has 2 unspecified atom stereocenters. The predicted octanol–water partition coefficient (Wildman–Crippen LogP) is 1.10. The van der Waals surface area contributed by atoms with Crippen molar-refractivity contribution in [3.63, 3.8) is 0 Å². The van der Waals surface area contributed by atoms with Gasteiger partial charge in [-0.25, -0.2) is 8.78 Å². The summed E-state index contributed by atoms with van der Waals surface area (Å²) in [5.74, 6) is 0.00822. The van der Waals surface area contributed by atoms with E-state index in [1.807, 2.05) is 6.92 Å². The predicted molar refractivity (Wildman–Crippen MR) is 53.8 cm³/mol. The van der Waals surface area contributed by atoms with Gasteiger partial charge < -0.3 is 10.2 Å². The molecule has 15 heavy (non-hydrogen) atoms. The maximum Gasteiger partial charge on any atom is 0.255 e. The van der Waals surface area contributed by atoms with E-state index in [4.69, 9.17) is 0 Å². The molecule has 1 N–H and O–H groups in total. The van der Waals surface area contributed by atoms with Crippen molar-refractivity contribution in [3.8, 4) is 0 Å². The number of likely N-dealkylation sites (N-methyl/N-ethyl adjacent to an activating group) is 1. The third-order valence-corrected chi connectivity index (χ3v) is 2.82. The zero-order chi connectivity index (χ0) is 11.4. The second kappa shape index (κ2) is 5.39. The van der Waals surface area contributed by atoms with Gasteiger partial charge in [-0.1, -0.05) is 6.92 Å². The molecule has 0 spiro atoms. The Labute approximate surface area is 88.8 Å². The number of hydrogen-bond donors (Lipinski definition) is 1. The minimum atomic E-state index is -2.46. The summed E-state index contributed by atoms with van der Waals surface area (Å²) in [6.45, 7) is 2.29. The summed E-state index contributed by atoms with van der Waals surface area (Å²) in [6.07, 6.45) is -0.437. The second-order valence-corrected chi connectivity index (χ2v) is 4.16. The van der Waals surface area contributed by atoms with E-state index in [1.165, 1.54) is 7.05 Å². The van der Waals surface area contributed by atoms with Gasteiger partial charge in [0, 0.05) is 7.05 Å². The van der Waals surface area contributed by atoms with Crippen LogP contribution >= 0.6 is 0 Å². The number of piperidine rings is 1. The Balaban J connectivity index is 2.50. The first kappa shape index (κ1) is 12.4. The summed E-state index contributed by atoms with van der Waals surface area (Å²) < 4.78 is 24.2. The molecule has 0 aromatic carbocycles. The van der Waals surface area contributed by atoms with E-state index in [0.717, 1.165) is 24.3 Å². The van der Waals surface area contributed by atoms with Gasteiger partial charge in [0.15, 0.2) is 0 Å². The molecule has 1 fully saturated rings. The van der Waals surface area contributed by atoms with E-state index >= 15 is 0 Å². The van der Waals surface area contributed by atoms with Gasteiger partial charge in [-0.15, -0.1) is 0 Å². The van der Waals surface area contributed by atoms with Crippen molar-refractivity contribution in [2.75, 3.05) is 20.1 Å². The van der Waals surface area contributed by atoms with Crippen LogP contribution in [-0.4, -0.2) is 43.4 Å². The fraction of sp³-hybridized carbons (Fsp3) is 0.900. The lowest BCUT2D eigenvalue weighted by atomic mass is 9.92. The van der Waals surface area contributed by atoms with Crippen LogP contribution in [0, 0.1) is 5.92 Å². The summed E-state index contributed by atoms with van der Waals surface area (Å²) in [7, 11) is 1.43. The number of carbonyl (C=O) groups is 1. The Morgan fingerprint density at radius 2 is 2.27 bits per heavy atom. The molecular formula is C10H18F2N2O. The van der Waals surface area contributed by atoms with Crippen LogP contribution in [0.3, 0.4) is 0 Å². The summed E-state index contributed by atoms with van der Waals surface area (Å²) in [4.78, 5) is 12.9. The maximum absolute atomic E-state index is 12.1. The van der Waals surface area contributed by atoms with Crippen LogP contribution in [0.4, 0.5) is 8.78 Å². The first-order valence-corrected chi connectivity index (χ1v) is 5.29. The molecule has 2 atom stereocenters. The van der Waals surface area contributed by atoms with Crippen LogP contribution < -0.4 is 5.32 Å². The molecule has 0 radical (unpaired) electrons. The summed E-state index contributed by atoms with van der Waals surface area (Å²) in [6, 6.07) is -0.289. The third kappa shape index (κ3) is 3.41. The number of hydrogen-bond acceptors (Lipinski definition) is 2. The molecule has 3 nitrogen and oxygen atoms in total. The fourth-order valence-electron chi connectivity index (χ4n) is 1.91. The molecule has 0 aromatic rings. The highest BCUT2D eigenvalue weighted by Crippen LogP contribution is 2.17. The molecule has 0 bridgehead atoms. The van der Waals surface area contributed by atoms with E-state index in [0.29, 0.717) is 0 Å². The van der Waals surface area contributed by atoms with Crippen molar-refractivity contribution in [2.24, 2.45) is 5.92 Å². The van der Waals surface area contributed by atoms with Crippen molar-refractivity contribution >= 4 is 5.91 Å². The normalized spacial score (nSPS) is 26.7. The number of nitrogens with one attached hydrogen (secondary N) is 1. The molecule has 5 heteroatoms. The highest BCUT2D eigenvalue weighted by molar-refractivity contribution is 5.82. The molecule has 0 aromatic heterocycles. The molecule has 1 aliphatic heterocycles. The van der Waals surface area contributed by atoms with Crippen molar-refractivity contribution in [2.45, 2.75) is 32.2 Å². The number of carbonyl (C=O) groups excluding carboxylic acids is 1. The largest absolute Gasteiger partial charge is 0.339 e. The Morgan fingerprint density at radius 1 is 1.60 bits per heavy atom. The highest BCUT2D eigenvalue weighted by atomic mass is 19.3. The van der Waals surface area contributed by atoms with Crippen molar-refractivity contribution < 1.29 is 13.6 Å². The number of nitrogens with zero attached hydrogens (tertiary/aromatic N) is 1. The van der Waals surface area contributed by atoms with Gasteiger partial charge in [0.05, 0.1) is 12.6 Å². The zero-order valence-electron chi connectivity index (χ0n) is 9.17. The first-order valence-electron chi connectivity index (χ1n) is 5.29. The van der Waals surface area contributed by atoms with Crippen LogP contribution in [0.5, 0.6) is 0 Å². The van der Waals surface area contributed by atoms with E-state index < -0.39 is 13.0 Å². The first-order chi connectivity index (χ1) is 7.02. The monoisotopic (exact) mass is 220 g/mol. The molecule has 0 aliphatic carbocycles. The molecule has 1 heterocycles. The van der Waals surface area contributed by atoms with Gasteiger partial charge >= 0.3 is 0 Å². The van der Waals surface area contributed by atoms with Gasteiger partial charge in [0.1, 0.15) is 0 Å². The molecule has 1 rings (SSSR count). The van der Waals surface area contributed by atoms with E-state index in [9.17, 15) is 13.6 Å². The minimum Gasteiger partial charge on any atom is -0.339 e. The van der Waals surface area contributed by atoms with Crippen LogP contribution in [0.1, 0.15) is 19.8 Å². The van der Waals surface area contributed by atoms with Crippen LogP contribution in [0.15, 0.2) is 0 Å². The average Bonchev–Trinajstić information content (AvgIpc) is 2.16. The Hall–Kier alpha value is -0.710. The van der Waals surface area contributed by atoms with Gasteiger partial charge in [-0.3, -0.25) is 4.79 Å².